The van der Waals surface area contributed by atoms with Crippen LogP contribution in [0.15, 0.2) is 66.7 Å². The maximum Gasteiger partial charge on any atom is 0.387 e. The number of benzene rings is 4. The summed E-state index contributed by atoms with van der Waals surface area (Å²) >= 11 is 0. The fourth-order valence-corrected chi connectivity index (χ4v) is 3.69. The van der Waals surface area contributed by atoms with Crippen LogP contribution in [0.5, 0.6) is 5.75 Å². The molecule has 0 aliphatic heterocycles. The van der Waals surface area contributed by atoms with E-state index in [0.29, 0.717) is 10.8 Å². The lowest BCUT2D eigenvalue weighted by molar-refractivity contribution is -0.0546. The largest absolute Gasteiger partial charge is 0.429 e. The van der Waals surface area contributed by atoms with Crippen molar-refractivity contribution in [3.63, 3.8) is 0 Å². The second kappa shape index (κ2) is 9.96. The summed E-state index contributed by atoms with van der Waals surface area (Å²) in [5.74, 6) is 0.632. The van der Waals surface area contributed by atoms with Crippen LogP contribution in [-0.2, 0) is 6.42 Å². The molecule has 172 valence electrons. The van der Waals surface area contributed by atoms with Gasteiger partial charge in [0.2, 0.25) is 0 Å². The number of ether oxygens (including phenoxy) is 1. The maximum atomic E-state index is 15.1. The summed E-state index contributed by atoms with van der Waals surface area (Å²) < 4.78 is 71.2. The van der Waals surface area contributed by atoms with Crippen LogP contribution in [0.4, 0.5) is 22.0 Å². The summed E-state index contributed by atoms with van der Waals surface area (Å²) in [5, 5.41) is 1.04. The Balaban J connectivity index is 1.63. The van der Waals surface area contributed by atoms with E-state index >= 15 is 4.39 Å². The summed E-state index contributed by atoms with van der Waals surface area (Å²) in [5.41, 5.74) is 3.13. The summed E-state index contributed by atoms with van der Waals surface area (Å²) in [6.45, 7) is -1.24. The summed E-state index contributed by atoms with van der Waals surface area (Å²) in [6.07, 6.45) is 2.09. The highest BCUT2D eigenvalue weighted by Gasteiger charge is 2.16. The van der Waals surface area contributed by atoms with Crippen LogP contribution >= 0.6 is 0 Å². The number of halogens is 5. The molecule has 0 atom stereocenters. The number of hydrogen-bond donors (Lipinski definition) is 0. The number of fused-ring (bicyclic) bond motifs is 1. The van der Waals surface area contributed by atoms with E-state index in [1.807, 2.05) is 24.3 Å². The molecule has 0 heterocycles. The molecule has 4 aromatic rings. The molecular weight excluding hydrogens is 447 g/mol. The molecule has 4 aromatic carbocycles. The molecule has 0 aliphatic rings. The minimum absolute atomic E-state index is 0.0397. The second-order valence-corrected chi connectivity index (χ2v) is 7.71. The van der Waals surface area contributed by atoms with E-state index < -0.39 is 29.8 Å². The highest BCUT2D eigenvalue weighted by Crippen LogP contribution is 2.28. The van der Waals surface area contributed by atoms with Crippen LogP contribution in [0.25, 0.3) is 21.9 Å². The van der Waals surface area contributed by atoms with Gasteiger partial charge in [-0.2, -0.15) is 8.78 Å². The minimum Gasteiger partial charge on any atom is -0.429 e. The molecule has 0 aliphatic carbocycles. The van der Waals surface area contributed by atoms with Gasteiger partial charge in [0.05, 0.1) is 5.56 Å². The van der Waals surface area contributed by atoms with Crippen molar-refractivity contribution in [2.45, 2.75) is 26.4 Å². The molecule has 0 unspecified atom stereocenters. The van der Waals surface area contributed by atoms with Crippen molar-refractivity contribution in [1.29, 1.82) is 0 Å². The molecule has 0 spiro atoms. The van der Waals surface area contributed by atoms with Gasteiger partial charge in [-0.1, -0.05) is 67.6 Å². The molecule has 0 amide bonds. The first kappa shape index (κ1) is 23.3. The Bertz CT molecular complexity index is 1380. The van der Waals surface area contributed by atoms with Gasteiger partial charge in [0.1, 0.15) is 5.82 Å². The zero-order chi connectivity index (χ0) is 24.2. The molecule has 0 radical (unpaired) electrons. The van der Waals surface area contributed by atoms with Crippen molar-refractivity contribution in [2.75, 3.05) is 0 Å². The lowest BCUT2D eigenvalue weighted by Gasteiger charge is -2.08. The van der Waals surface area contributed by atoms with Gasteiger partial charge in [-0.15, -0.1) is 0 Å². The van der Waals surface area contributed by atoms with Crippen molar-refractivity contribution in [1.82, 2.24) is 0 Å². The molecule has 6 heteroatoms. The maximum absolute atomic E-state index is 15.1. The van der Waals surface area contributed by atoms with Crippen LogP contribution < -0.4 is 4.74 Å². The first-order chi connectivity index (χ1) is 16.4. The number of rotatable bonds is 5. The molecule has 34 heavy (non-hydrogen) atoms. The molecule has 0 bridgehead atoms. The zero-order valence-electron chi connectivity index (χ0n) is 18.1. The Morgan fingerprint density at radius 2 is 1.47 bits per heavy atom. The van der Waals surface area contributed by atoms with Crippen molar-refractivity contribution < 1.29 is 26.7 Å². The van der Waals surface area contributed by atoms with Crippen LogP contribution in [0.1, 0.15) is 30.0 Å². The van der Waals surface area contributed by atoms with E-state index in [4.69, 9.17) is 0 Å². The molecule has 4 rings (SSSR count). The minimum atomic E-state index is -3.37. The van der Waals surface area contributed by atoms with Crippen LogP contribution in [-0.4, -0.2) is 6.61 Å². The predicted molar refractivity (Wildman–Crippen MR) is 122 cm³/mol. The smallest absolute Gasteiger partial charge is 0.387 e. The number of alkyl halides is 2. The highest BCUT2D eigenvalue weighted by molar-refractivity contribution is 5.89. The molecular formula is C28H19F5O. The van der Waals surface area contributed by atoms with Gasteiger partial charge in [0.15, 0.2) is 17.4 Å². The zero-order valence-corrected chi connectivity index (χ0v) is 18.1. The third-order valence-electron chi connectivity index (χ3n) is 5.33. The molecule has 0 aromatic heterocycles. The van der Waals surface area contributed by atoms with Gasteiger partial charge < -0.3 is 4.74 Å². The van der Waals surface area contributed by atoms with E-state index in [-0.39, 0.29) is 11.1 Å². The van der Waals surface area contributed by atoms with Crippen LogP contribution in [0.3, 0.4) is 0 Å². The Morgan fingerprint density at radius 1 is 0.794 bits per heavy atom. The first-order valence-electron chi connectivity index (χ1n) is 10.6. The predicted octanol–water partition coefficient (Wildman–Crippen LogP) is 7.88. The second-order valence-electron chi connectivity index (χ2n) is 7.71. The average Bonchev–Trinajstić information content (AvgIpc) is 2.81. The van der Waals surface area contributed by atoms with Gasteiger partial charge in [-0.25, -0.2) is 13.2 Å². The number of hydrogen-bond acceptors (Lipinski definition) is 1. The van der Waals surface area contributed by atoms with E-state index in [1.165, 1.54) is 11.6 Å². The monoisotopic (exact) mass is 466 g/mol. The van der Waals surface area contributed by atoms with Crippen molar-refractivity contribution in [3.05, 3.63) is 101 Å². The summed E-state index contributed by atoms with van der Waals surface area (Å²) in [4.78, 5) is 0. The topological polar surface area (TPSA) is 9.23 Å². The molecule has 1 nitrogen and oxygen atoms in total. The normalized spacial score (nSPS) is 10.9. The summed E-state index contributed by atoms with van der Waals surface area (Å²) in [7, 11) is 0. The lowest BCUT2D eigenvalue weighted by atomic mass is 9.98. The molecule has 0 fully saturated rings. The molecule has 0 saturated heterocycles. The van der Waals surface area contributed by atoms with Crippen LogP contribution in [0, 0.1) is 29.3 Å². The Morgan fingerprint density at radius 3 is 2.12 bits per heavy atom. The van der Waals surface area contributed by atoms with Gasteiger partial charge in [0, 0.05) is 10.9 Å². The first-order valence-corrected chi connectivity index (χ1v) is 10.6. The summed E-state index contributed by atoms with van der Waals surface area (Å²) in [6, 6.07) is 18.3. The van der Waals surface area contributed by atoms with E-state index in [2.05, 4.69) is 35.6 Å². The van der Waals surface area contributed by atoms with Crippen molar-refractivity contribution >= 4 is 10.8 Å². The number of aryl methyl sites for hydroxylation is 1. The van der Waals surface area contributed by atoms with Gasteiger partial charge in [-0.3, -0.25) is 0 Å². The lowest BCUT2D eigenvalue weighted by Crippen LogP contribution is -2.06. The van der Waals surface area contributed by atoms with E-state index in [0.717, 1.165) is 36.1 Å². The van der Waals surface area contributed by atoms with Crippen molar-refractivity contribution in [2.24, 2.45) is 0 Å². The Kier molecular flexibility index (Phi) is 6.83. The van der Waals surface area contributed by atoms with Crippen LogP contribution in [0.2, 0.25) is 0 Å². The third kappa shape index (κ3) is 5.04. The third-order valence-corrected chi connectivity index (χ3v) is 5.33. The SMILES string of the molecule is CCCc1ccc(-c2ccc3c(F)c(C#Cc4cc(F)c(OC(F)F)c(F)c4)ccc3c2)cc1. The van der Waals surface area contributed by atoms with Gasteiger partial charge >= 0.3 is 6.61 Å². The standard InChI is InChI=1S/C28H19F5O/c1-2-3-17-4-7-19(8-5-17)21-12-13-23-22(16-21)11-10-20(26(23)31)9-6-18-14-24(29)27(25(30)15-18)34-28(32)33/h4-5,7-8,10-16,28H,2-3H2,1H3. The van der Waals surface area contributed by atoms with Crippen molar-refractivity contribution in [3.8, 4) is 28.7 Å². The molecule has 0 saturated carbocycles. The molecule has 0 N–H and O–H groups in total. The highest BCUT2D eigenvalue weighted by atomic mass is 19.3. The fraction of sp³-hybridized carbons (Fsp3) is 0.143. The quantitative estimate of drug-likeness (QED) is 0.215. The fourth-order valence-electron chi connectivity index (χ4n) is 3.69. The Labute approximate surface area is 193 Å². The average molecular weight is 466 g/mol. The van der Waals surface area contributed by atoms with Gasteiger partial charge in [-0.05, 0) is 52.8 Å². The van der Waals surface area contributed by atoms with E-state index in [9.17, 15) is 17.6 Å². The van der Waals surface area contributed by atoms with E-state index in [1.54, 1.807) is 12.1 Å². The van der Waals surface area contributed by atoms with Gasteiger partial charge in [0.25, 0.3) is 0 Å². The Hall–Kier alpha value is -3.85.